The largest absolute Gasteiger partial charge is 0.462 e. The molecule has 1 atom stereocenters. The summed E-state index contributed by atoms with van der Waals surface area (Å²) in [5.74, 6) is -0.889. The standard InChI is InChI=1S/C72H124O6/c1-4-7-10-13-16-19-22-25-28-31-33-34-35-36-37-38-39-42-44-47-50-53-56-59-62-65-71(74)77-68-69(67-76-70(73)64-61-58-55-52-49-46-43-40-30-27-24-21-18-15-12-9-6-3)78-72(75)66-63-60-57-54-51-48-45-41-32-29-26-23-20-17-14-11-8-5-2/h7,10,16,18-19,21,25,27-30,32-34,36-37,69H,4-6,8-9,11-15,17,20,22-24,26,31,35,38-68H2,1-3H3/b10-7-,19-16-,21-18-,28-25-,30-27-,32-29-,34-33-,37-36-. The minimum atomic E-state index is -0.788. The molecule has 0 radical (unpaired) electrons. The summed E-state index contributed by atoms with van der Waals surface area (Å²) in [7, 11) is 0. The number of ether oxygens (including phenoxy) is 3. The van der Waals surface area contributed by atoms with Crippen molar-refractivity contribution in [1.29, 1.82) is 0 Å². The van der Waals surface area contributed by atoms with Crippen molar-refractivity contribution >= 4 is 17.9 Å². The Labute approximate surface area is 483 Å². The van der Waals surface area contributed by atoms with Gasteiger partial charge in [-0.1, -0.05) is 279 Å². The van der Waals surface area contributed by atoms with Gasteiger partial charge in [0.2, 0.25) is 0 Å². The van der Waals surface area contributed by atoms with E-state index in [1.54, 1.807) is 0 Å². The van der Waals surface area contributed by atoms with Crippen molar-refractivity contribution in [3.05, 3.63) is 97.2 Å². The zero-order chi connectivity index (χ0) is 56.4. The molecule has 1 unspecified atom stereocenters. The fraction of sp³-hybridized carbons (Fsp3) is 0.736. The van der Waals surface area contributed by atoms with Gasteiger partial charge in [-0.15, -0.1) is 0 Å². The van der Waals surface area contributed by atoms with Gasteiger partial charge in [0.15, 0.2) is 6.10 Å². The average molecular weight is 1090 g/mol. The molecule has 0 saturated heterocycles. The van der Waals surface area contributed by atoms with Crippen LogP contribution in [0.2, 0.25) is 0 Å². The van der Waals surface area contributed by atoms with Crippen LogP contribution in [0.1, 0.15) is 323 Å². The first-order valence-electron chi connectivity index (χ1n) is 33.2. The minimum Gasteiger partial charge on any atom is -0.462 e. The van der Waals surface area contributed by atoms with E-state index in [1.807, 2.05) is 0 Å². The van der Waals surface area contributed by atoms with Crippen LogP contribution < -0.4 is 0 Å². The molecule has 0 rings (SSSR count). The molecule has 0 aromatic rings. The molecule has 6 heteroatoms. The molecule has 0 aromatic carbocycles. The molecule has 0 fully saturated rings. The van der Waals surface area contributed by atoms with Crippen LogP contribution in [0.15, 0.2) is 97.2 Å². The van der Waals surface area contributed by atoms with Gasteiger partial charge in [0.05, 0.1) is 0 Å². The van der Waals surface area contributed by atoms with Crippen molar-refractivity contribution in [3.8, 4) is 0 Å². The third kappa shape index (κ3) is 63.2. The second kappa shape index (κ2) is 65.8. The predicted molar refractivity (Wildman–Crippen MR) is 339 cm³/mol. The Hall–Kier alpha value is -3.67. The van der Waals surface area contributed by atoms with Crippen LogP contribution in [0.4, 0.5) is 0 Å². The van der Waals surface area contributed by atoms with Crippen molar-refractivity contribution in [2.24, 2.45) is 0 Å². The number of unbranched alkanes of at least 4 members (excludes halogenated alkanes) is 33. The fourth-order valence-electron chi connectivity index (χ4n) is 9.32. The highest BCUT2D eigenvalue weighted by molar-refractivity contribution is 5.71. The lowest BCUT2D eigenvalue weighted by Gasteiger charge is -2.18. The highest BCUT2D eigenvalue weighted by atomic mass is 16.6. The van der Waals surface area contributed by atoms with E-state index < -0.39 is 6.10 Å². The number of rotatable bonds is 60. The highest BCUT2D eigenvalue weighted by Gasteiger charge is 2.19. The van der Waals surface area contributed by atoms with E-state index in [0.29, 0.717) is 19.3 Å². The molecule has 0 bridgehead atoms. The molecule has 0 amide bonds. The number of esters is 3. The summed E-state index contributed by atoms with van der Waals surface area (Å²) < 4.78 is 17.0. The van der Waals surface area contributed by atoms with E-state index in [9.17, 15) is 14.4 Å². The van der Waals surface area contributed by atoms with Gasteiger partial charge in [0, 0.05) is 19.3 Å². The zero-order valence-corrected chi connectivity index (χ0v) is 51.4. The van der Waals surface area contributed by atoms with Gasteiger partial charge in [-0.05, 0) is 122 Å². The Morgan fingerprint density at radius 2 is 0.500 bits per heavy atom. The molecular weight excluding hydrogens is 961 g/mol. The Morgan fingerprint density at radius 1 is 0.269 bits per heavy atom. The number of hydrogen-bond acceptors (Lipinski definition) is 6. The Morgan fingerprint density at radius 3 is 0.821 bits per heavy atom. The van der Waals surface area contributed by atoms with Crippen molar-refractivity contribution in [2.75, 3.05) is 13.2 Å². The average Bonchev–Trinajstić information content (AvgIpc) is 3.44. The van der Waals surface area contributed by atoms with Crippen LogP contribution in [0, 0.1) is 0 Å². The second-order valence-corrected chi connectivity index (χ2v) is 22.0. The number of carbonyl (C=O) groups excluding carboxylic acids is 3. The van der Waals surface area contributed by atoms with Crippen LogP contribution in [-0.2, 0) is 28.6 Å². The molecule has 0 heterocycles. The summed E-state index contributed by atoms with van der Waals surface area (Å²) in [5, 5.41) is 0. The first-order valence-corrected chi connectivity index (χ1v) is 33.2. The molecule has 0 spiro atoms. The molecule has 448 valence electrons. The van der Waals surface area contributed by atoms with Crippen molar-refractivity contribution < 1.29 is 28.6 Å². The highest BCUT2D eigenvalue weighted by Crippen LogP contribution is 2.16. The normalized spacial score (nSPS) is 12.7. The van der Waals surface area contributed by atoms with E-state index in [1.165, 1.54) is 173 Å². The van der Waals surface area contributed by atoms with Crippen molar-refractivity contribution in [2.45, 2.75) is 329 Å². The first kappa shape index (κ1) is 74.3. The topological polar surface area (TPSA) is 78.9 Å². The summed E-state index contributed by atoms with van der Waals surface area (Å²) in [5.41, 5.74) is 0. The maximum Gasteiger partial charge on any atom is 0.306 e. The number of hydrogen-bond donors (Lipinski definition) is 0. The molecule has 78 heavy (non-hydrogen) atoms. The van der Waals surface area contributed by atoms with Gasteiger partial charge >= 0.3 is 17.9 Å². The van der Waals surface area contributed by atoms with Crippen molar-refractivity contribution in [3.63, 3.8) is 0 Å². The Balaban J connectivity index is 4.38. The van der Waals surface area contributed by atoms with Crippen LogP contribution in [0.25, 0.3) is 0 Å². The SMILES string of the molecule is CC/C=C\C/C=C\C/C=C\C/C=C\C/C=C\CCCCCCCCCCCC(=O)OCC(COC(=O)CCCCCCCCC/C=C\C/C=C\CCCCC)OC(=O)CCCCCCCCC/C=C\CCCCCCCCC. The van der Waals surface area contributed by atoms with Gasteiger partial charge in [0.1, 0.15) is 13.2 Å². The van der Waals surface area contributed by atoms with Gasteiger partial charge in [-0.3, -0.25) is 14.4 Å². The molecule has 0 aliphatic heterocycles. The van der Waals surface area contributed by atoms with Gasteiger partial charge in [0.25, 0.3) is 0 Å². The zero-order valence-electron chi connectivity index (χ0n) is 51.4. The van der Waals surface area contributed by atoms with E-state index in [0.717, 1.165) is 109 Å². The van der Waals surface area contributed by atoms with Gasteiger partial charge < -0.3 is 14.2 Å². The third-order valence-corrected chi connectivity index (χ3v) is 14.3. The smallest absolute Gasteiger partial charge is 0.306 e. The van der Waals surface area contributed by atoms with E-state index >= 15 is 0 Å². The molecule has 0 aromatic heterocycles. The van der Waals surface area contributed by atoms with Crippen LogP contribution in [-0.4, -0.2) is 37.2 Å². The third-order valence-electron chi connectivity index (χ3n) is 14.3. The van der Waals surface area contributed by atoms with Crippen molar-refractivity contribution in [1.82, 2.24) is 0 Å². The van der Waals surface area contributed by atoms with E-state index in [2.05, 4.69) is 118 Å². The molecule has 6 nitrogen and oxygen atoms in total. The monoisotopic (exact) mass is 1080 g/mol. The number of carbonyl (C=O) groups is 3. The lowest BCUT2D eigenvalue weighted by atomic mass is 10.1. The molecule has 0 aliphatic rings. The maximum atomic E-state index is 12.9. The van der Waals surface area contributed by atoms with Crippen LogP contribution in [0.3, 0.4) is 0 Å². The second-order valence-electron chi connectivity index (χ2n) is 22.0. The lowest BCUT2D eigenvalue weighted by Crippen LogP contribution is -2.30. The molecule has 0 aliphatic carbocycles. The summed E-state index contributed by atoms with van der Waals surface area (Å²) in [4.78, 5) is 38.4. The minimum absolute atomic E-state index is 0.0841. The Kier molecular flexibility index (Phi) is 62.7. The van der Waals surface area contributed by atoms with Gasteiger partial charge in [-0.2, -0.15) is 0 Å². The molecular formula is C72H124O6. The molecule has 0 N–H and O–H groups in total. The summed E-state index contributed by atoms with van der Waals surface area (Å²) in [6.45, 7) is 6.52. The maximum absolute atomic E-state index is 12.9. The number of allylic oxidation sites excluding steroid dienone is 16. The van der Waals surface area contributed by atoms with Crippen LogP contribution in [0.5, 0.6) is 0 Å². The summed E-state index contributed by atoms with van der Waals surface area (Å²) >= 11 is 0. The van der Waals surface area contributed by atoms with Crippen LogP contribution >= 0.6 is 0 Å². The Bertz CT molecular complexity index is 1530. The lowest BCUT2D eigenvalue weighted by molar-refractivity contribution is -0.167. The summed E-state index contributed by atoms with van der Waals surface area (Å²) in [6, 6.07) is 0. The van der Waals surface area contributed by atoms with E-state index in [4.69, 9.17) is 14.2 Å². The first-order chi connectivity index (χ1) is 38.5. The summed E-state index contributed by atoms with van der Waals surface area (Å²) in [6.07, 6.45) is 88.3. The van der Waals surface area contributed by atoms with Gasteiger partial charge in [-0.25, -0.2) is 0 Å². The molecule has 0 saturated carbocycles. The van der Waals surface area contributed by atoms with E-state index in [-0.39, 0.29) is 31.1 Å². The quantitative estimate of drug-likeness (QED) is 0.0261. The predicted octanol–water partition coefficient (Wildman–Crippen LogP) is 22.8. The fourth-order valence-corrected chi connectivity index (χ4v) is 9.32.